The summed E-state index contributed by atoms with van der Waals surface area (Å²) in [5.41, 5.74) is 0.720. The van der Waals surface area contributed by atoms with Crippen molar-refractivity contribution >= 4 is 39.3 Å². The van der Waals surface area contributed by atoms with Gasteiger partial charge in [-0.05, 0) is 31.4 Å². The monoisotopic (exact) mass is 284 g/mol. The van der Waals surface area contributed by atoms with Crippen LogP contribution in [0.1, 0.15) is 20.1 Å². The lowest BCUT2D eigenvalue weighted by Gasteiger charge is -1.99. The van der Waals surface area contributed by atoms with Gasteiger partial charge >= 0.3 is 0 Å². The van der Waals surface area contributed by atoms with Gasteiger partial charge in [0, 0.05) is 15.3 Å². The van der Waals surface area contributed by atoms with Crippen molar-refractivity contribution in [2.75, 3.05) is 5.75 Å². The topological polar surface area (TPSA) is 34.1 Å². The molecule has 5 heteroatoms. The fourth-order valence-corrected chi connectivity index (χ4v) is 4.50. The molecule has 0 aliphatic heterocycles. The summed E-state index contributed by atoms with van der Waals surface area (Å²) in [6.45, 7) is 3.91. The van der Waals surface area contributed by atoms with Crippen molar-refractivity contribution in [1.82, 2.24) is 0 Å². The second-order valence-corrected chi connectivity index (χ2v) is 7.76. The van der Waals surface area contributed by atoms with Crippen LogP contribution in [0.4, 0.5) is 0 Å². The first-order chi connectivity index (χ1) is 8.08. The Bertz CT molecular complexity index is 552. The maximum atomic E-state index is 12.0. The standard InChI is InChI=1S/C12H12O2S3/c1-8-6-10(9(2)16-8)11(13)7-17(14)12-4-3-5-15-12/h3-6H,7H2,1-2H3. The maximum absolute atomic E-state index is 12.0. The fraction of sp³-hybridized carbons (Fsp3) is 0.250. The molecular weight excluding hydrogens is 272 g/mol. The van der Waals surface area contributed by atoms with Crippen molar-refractivity contribution < 1.29 is 9.00 Å². The third kappa shape index (κ3) is 2.91. The molecule has 0 saturated heterocycles. The van der Waals surface area contributed by atoms with Gasteiger partial charge in [-0.2, -0.15) is 0 Å². The Morgan fingerprint density at radius 1 is 1.41 bits per heavy atom. The molecule has 2 aromatic rings. The van der Waals surface area contributed by atoms with Gasteiger partial charge in [-0.1, -0.05) is 6.07 Å². The second-order valence-electron chi connectivity index (χ2n) is 3.67. The van der Waals surface area contributed by atoms with E-state index in [-0.39, 0.29) is 11.5 Å². The van der Waals surface area contributed by atoms with E-state index in [0.717, 1.165) is 19.5 Å². The summed E-state index contributed by atoms with van der Waals surface area (Å²) in [6.07, 6.45) is 0. The molecule has 2 heterocycles. The number of carbonyl (C=O) groups is 1. The van der Waals surface area contributed by atoms with Crippen molar-refractivity contribution in [3.05, 3.63) is 38.9 Å². The van der Waals surface area contributed by atoms with Gasteiger partial charge in [0.25, 0.3) is 0 Å². The quantitative estimate of drug-likeness (QED) is 0.806. The Hall–Kier alpha value is -0.780. The molecule has 0 aromatic carbocycles. The molecule has 0 aliphatic carbocycles. The SMILES string of the molecule is Cc1cc(C(=O)CS(=O)c2cccs2)c(C)s1. The second kappa shape index (κ2) is 5.25. The van der Waals surface area contributed by atoms with Crippen LogP contribution >= 0.6 is 22.7 Å². The number of hydrogen-bond acceptors (Lipinski definition) is 4. The van der Waals surface area contributed by atoms with Crippen LogP contribution in [0.15, 0.2) is 27.8 Å². The molecule has 2 rings (SSSR count). The summed E-state index contributed by atoms with van der Waals surface area (Å²) in [4.78, 5) is 14.1. The largest absolute Gasteiger partial charge is 0.293 e. The Morgan fingerprint density at radius 2 is 2.18 bits per heavy atom. The van der Waals surface area contributed by atoms with Gasteiger partial charge in [-0.15, -0.1) is 22.7 Å². The van der Waals surface area contributed by atoms with Gasteiger partial charge in [-0.25, -0.2) is 0 Å². The zero-order chi connectivity index (χ0) is 12.4. The van der Waals surface area contributed by atoms with Crippen LogP contribution in [-0.4, -0.2) is 15.7 Å². The van der Waals surface area contributed by atoms with Gasteiger partial charge in [0.1, 0.15) is 0 Å². The molecule has 17 heavy (non-hydrogen) atoms. The molecule has 0 spiro atoms. The minimum absolute atomic E-state index is 0.0291. The highest BCUT2D eigenvalue weighted by Gasteiger charge is 2.16. The predicted molar refractivity (Wildman–Crippen MR) is 73.7 cm³/mol. The van der Waals surface area contributed by atoms with Gasteiger partial charge in [0.15, 0.2) is 5.78 Å². The van der Waals surface area contributed by atoms with Crippen LogP contribution in [0.3, 0.4) is 0 Å². The molecule has 0 N–H and O–H groups in total. The van der Waals surface area contributed by atoms with Crippen molar-refractivity contribution in [1.29, 1.82) is 0 Å². The number of ketones is 1. The molecule has 0 bridgehead atoms. The Kier molecular flexibility index (Phi) is 3.91. The van der Waals surface area contributed by atoms with Gasteiger partial charge in [0.05, 0.1) is 20.8 Å². The van der Waals surface area contributed by atoms with E-state index in [0.29, 0.717) is 0 Å². The maximum Gasteiger partial charge on any atom is 0.176 e. The first kappa shape index (κ1) is 12.7. The number of Topliss-reactive ketones (excluding diaryl/α,β-unsaturated/α-hetero) is 1. The van der Waals surface area contributed by atoms with E-state index in [1.807, 2.05) is 31.4 Å². The fourth-order valence-electron chi connectivity index (χ4n) is 1.57. The first-order valence-electron chi connectivity index (χ1n) is 5.10. The van der Waals surface area contributed by atoms with Crippen LogP contribution in [-0.2, 0) is 10.8 Å². The van der Waals surface area contributed by atoms with Gasteiger partial charge in [-0.3, -0.25) is 9.00 Å². The number of aryl methyl sites for hydroxylation is 2. The molecule has 1 unspecified atom stereocenters. The first-order valence-corrected chi connectivity index (χ1v) is 8.11. The van der Waals surface area contributed by atoms with E-state index in [1.54, 1.807) is 17.4 Å². The minimum Gasteiger partial charge on any atom is -0.293 e. The van der Waals surface area contributed by atoms with E-state index in [4.69, 9.17) is 0 Å². The number of thiophene rings is 2. The van der Waals surface area contributed by atoms with Crippen LogP contribution in [0.2, 0.25) is 0 Å². The summed E-state index contributed by atoms with van der Waals surface area (Å²) in [7, 11) is -1.21. The van der Waals surface area contributed by atoms with Crippen molar-refractivity contribution in [2.24, 2.45) is 0 Å². The van der Waals surface area contributed by atoms with Crippen molar-refractivity contribution in [3.63, 3.8) is 0 Å². The van der Waals surface area contributed by atoms with Crippen molar-refractivity contribution in [2.45, 2.75) is 18.1 Å². The van der Waals surface area contributed by atoms with Crippen LogP contribution in [0.25, 0.3) is 0 Å². The highest BCUT2D eigenvalue weighted by atomic mass is 32.2. The average Bonchev–Trinajstić information content (AvgIpc) is 2.87. The summed E-state index contributed by atoms with van der Waals surface area (Å²) < 4.78 is 12.7. The molecule has 1 atom stereocenters. The normalized spacial score (nSPS) is 12.6. The highest BCUT2D eigenvalue weighted by Crippen LogP contribution is 2.22. The van der Waals surface area contributed by atoms with Crippen LogP contribution < -0.4 is 0 Å². The molecular formula is C12H12O2S3. The Morgan fingerprint density at radius 3 is 2.71 bits per heavy atom. The number of rotatable bonds is 4. The Labute approximate surface area is 111 Å². The molecule has 0 amide bonds. The Balaban J connectivity index is 2.12. The summed E-state index contributed by atoms with van der Waals surface area (Å²) >= 11 is 3.03. The summed E-state index contributed by atoms with van der Waals surface area (Å²) in [5, 5.41) is 1.87. The lowest BCUT2D eigenvalue weighted by molar-refractivity contribution is 0.102. The number of carbonyl (C=O) groups excluding carboxylic acids is 1. The molecule has 0 fully saturated rings. The van der Waals surface area contributed by atoms with E-state index in [9.17, 15) is 9.00 Å². The summed E-state index contributed by atoms with van der Waals surface area (Å²) in [5.74, 6) is 0.0518. The van der Waals surface area contributed by atoms with Crippen LogP contribution in [0.5, 0.6) is 0 Å². The van der Waals surface area contributed by atoms with Gasteiger partial charge < -0.3 is 0 Å². The van der Waals surface area contributed by atoms with E-state index < -0.39 is 10.8 Å². The lowest BCUT2D eigenvalue weighted by Crippen LogP contribution is -2.10. The highest BCUT2D eigenvalue weighted by molar-refractivity contribution is 7.88. The van der Waals surface area contributed by atoms with E-state index in [1.165, 1.54) is 11.3 Å². The molecule has 2 aromatic heterocycles. The minimum atomic E-state index is -1.21. The van der Waals surface area contributed by atoms with E-state index >= 15 is 0 Å². The lowest BCUT2D eigenvalue weighted by atomic mass is 10.2. The van der Waals surface area contributed by atoms with Crippen molar-refractivity contribution in [3.8, 4) is 0 Å². The summed E-state index contributed by atoms with van der Waals surface area (Å²) in [6, 6.07) is 5.54. The predicted octanol–water partition coefficient (Wildman–Crippen LogP) is 3.42. The molecule has 0 radical (unpaired) electrons. The molecule has 2 nitrogen and oxygen atoms in total. The zero-order valence-corrected chi connectivity index (χ0v) is 12.0. The molecule has 0 aliphatic rings. The number of hydrogen-bond donors (Lipinski definition) is 0. The smallest absolute Gasteiger partial charge is 0.176 e. The van der Waals surface area contributed by atoms with E-state index in [2.05, 4.69) is 0 Å². The third-order valence-electron chi connectivity index (χ3n) is 2.32. The zero-order valence-electron chi connectivity index (χ0n) is 9.56. The van der Waals surface area contributed by atoms with Gasteiger partial charge in [0.2, 0.25) is 0 Å². The van der Waals surface area contributed by atoms with Crippen LogP contribution in [0, 0.1) is 13.8 Å². The molecule has 0 saturated carbocycles. The third-order valence-corrected chi connectivity index (χ3v) is 5.91. The average molecular weight is 284 g/mol. The molecule has 90 valence electrons.